The standard InChI is InChI=1S/C22H12ClF6N3O3/c23-13-8-32(7-10-2-1-3-11(24)6-10)31-21(13)30-22(33)14-5-4-12(35-14)9-34-20-18(28)16(26)15(25)17(27)19(20)29/h1-6,8H,7,9H2,(H,30,31,33). The molecule has 2 aromatic carbocycles. The number of hydrogen-bond acceptors (Lipinski definition) is 4. The molecule has 0 aliphatic carbocycles. The number of furan rings is 1. The Labute approximate surface area is 197 Å². The number of ether oxygens (including phenoxy) is 1. The van der Waals surface area contributed by atoms with Crippen molar-refractivity contribution in [1.29, 1.82) is 0 Å². The summed E-state index contributed by atoms with van der Waals surface area (Å²) >= 11 is 6.08. The number of anilines is 1. The normalized spacial score (nSPS) is 11.1. The van der Waals surface area contributed by atoms with Gasteiger partial charge in [-0.2, -0.15) is 13.9 Å². The van der Waals surface area contributed by atoms with Crippen molar-refractivity contribution >= 4 is 23.3 Å². The highest BCUT2D eigenvalue weighted by Crippen LogP contribution is 2.30. The van der Waals surface area contributed by atoms with Crippen LogP contribution < -0.4 is 10.1 Å². The van der Waals surface area contributed by atoms with Gasteiger partial charge in [0.1, 0.15) is 23.2 Å². The van der Waals surface area contributed by atoms with Crippen LogP contribution >= 0.6 is 11.6 Å². The number of nitrogens with zero attached hydrogens (tertiary/aromatic N) is 2. The number of aromatic nitrogens is 2. The van der Waals surface area contributed by atoms with Gasteiger partial charge in [0.25, 0.3) is 5.91 Å². The first kappa shape index (κ1) is 24.2. The molecular weight excluding hydrogens is 504 g/mol. The quantitative estimate of drug-likeness (QED) is 0.191. The predicted molar refractivity (Wildman–Crippen MR) is 110 cm³/mol. The highest BCUT2D eigenvalue weighted by atomic mass is 35.5. The van der Waals surface area contributed by atoms with Crippen molar-refractivity contribution in [2.24, 2.45) is 0 Å². The SMILES string of the molecule is O=C(Nc1nn(Cc2cccc(F)c2)cc1Cl)c1ccc(COc2c(F)c(F)c(F)c(F)c2F)o1. The Morgan fingerprint density at radius 2 is 1.69 bits per heavy atom. The van der Waals surface area contributed by atoms with Crippen LogP contribution in [0, 0.1) is 34.9 Å². The summed E-state index contributed by atoms with van der Waals surface area (Å²) in [5.74, 6) is -14.1. The van der Waals surface area contributed by atoms with Gasteiger partial charge in [-0.1, -0.05) is 23.7 Å². The summed E-state index contributed by atoms with van der Waals surface area (Å²) in [6.07, 6.45) is 1.41. The van der Waals surface area contributed by atoms with Crippen LogP contribution in [-0.2, 0) is 13.2 Å². The lowest BCUT2D eigenvalue weighted by molar-refractivity contribution is 0.0991. The summed E-state index contributed by atoms with van der Waals surface area (Å²) in [6.45, 7) is -0.568. The maximum Gasteiger partial charge on any atom is 0.292 e. The fourth-order valence-electron chi connectivity index (χ4n) is 2.99. The zero-order valence-electron chi connectivity index (χ0n) is 17.2. The van der Waals surface area contributed by atoms with Gasteiger partial charge in [-0.25, -0.2) is 17.6 Å². The molecule has 0 bridgehead atoms. The second-order valence-electron chi connectivity index (χ2n) is 7.06. The van der Waals surface area contributed by atoms with E-state index in [-0.39, 0.29) is 28.9 Å². The van der Waals surface area contributed by atoms with Crippen LogP contribution in [0.2, 0.25) is 5.02 Å². The largest absolute Gasteiger partial charge is 0.479 e. The average Bonchev–Trinajstić information content (AvgIpc) is 3.43. The predicted octanol–water partition coefficient (Wildman–Crippen LogP) is 5.84. The molecule has 0 aliphatic heterocycles. The number of hydrogen-bond donors (Lipinski definition) is 1. The molecule has 1 N–H and O–H groups in total. The van der Waals surface area contributed by atoms with Crippen LogP contribution in [0.15, 0.2) is 47.0 Å². The van der Waals surface area contributed by atoms with Crippen LogP contribution in [0.5, 0.6) is 5.75 Å². The van der Waals surface area contributed by atoms with E-state index in [0.717, 1.165) is 0 Å². The van der Waals surface area contributed by atoms with Crippen molar-refractivity contribution in [3.8, 4) is 5.75 Å². The van der Waals surface area contributed by atoms with E-state index >= 15 is 0 Å². The molecule has 2 aromatic heterocycles. The van der Waals surface area contributed by atoms with Crippen molar-refractivity contribution in [2.45, 2.75) is 13.2 Å². The van der Waals surface area contributed by atoms with Gasteiger partial charge in [0, 0.05) is 6.20 Å². The monoisotopic (exact) mass is 515 g/mol. The Hall–Kier alpha value is -3.93. The third kappa shape index (κ3) is 5.11. The van der Waals surface area contributed by atoms with Crippen molar-refractivity contribution in [3.63, 3.8) is 0 Å². The van der Waals surface area contributed by atoms with Gasteiger partial charge in [-0.05, 0) is 29.8 Å². The lowest BCUT2D eigenvalue weighted by Gasteiger charge is -2.09. The average molecular weight is 516 g/mol. The summed E-state index contributed by atoms with van der Waals surface area (Å²) in [4.78, 5) is 12.4. The summed E-state index contributed by atoms with van der Waals surface area (Å²) < 4.78 is 91.6. The fourth-order valence-corrected chi connectivity index (χ4v) is 3.18. The molecule has 0 radical (unpaired) electrons. The molecule has 6 nitrogen and oxygen atoms in total. The zero-order chi connectivity index (χ0) is 25.3. The molecular formula is C22H12ClF6N3O3. The number of amides is 1. The van der Waals surface area contributed by atoms with Crippen molar-refractivity contribution in [2.75, 3.05) is 5.32 Å². The van der Waals surface area contributed by atoms with Gasteiger partial charge in [0.05, 0.1) is 6.54 Å². The molecule has 4 aromatic rings. The van der Waals surface area contributed by atoms with E-state index in [1.165, 1.54) is 41.2 Å². The molecule has 0 atom stereocenters. The lowest BCUT2D eigenvalue weighted by Crippen LogP contribution is -2.12. The van der Waals surface area contributed by atoms with Gasteiger partial charge in [0.15, 0.2) is 17.3 Å². The third-order valence-electron chi connectivity index (χ3n) is 4.60. The number of halogens is 7. The molecule has 4 rings (SSSR count). The second-order valence-corrected chi connectivity index (χ2v) is 7.47. The van der Waals surface area contributed by atoms with Crippen molar-refractivity contribution in [1.82, 2.24) is 9.78 Å². The van der Waals surface area contributed by atoms with Gasteiger partial charge in [-0.3, -0.25) is 9.48 Å². The van der Waals surface area contributed by atoms with E-state index in [2.05, 4.69) is 15.2 Å². The minimum atomic E-state index is -2.32. The Balaban J connectivity index is 1.42. The molecule has 35 heavy (non-hydrogen) atoms. The molecule has 2 heterocycles. The molecule has 1 amide bonds. The smallest absolute Gasteiger partial charge is 0.292 e. The number of carbonyl (C=O) groups is 1. The summed E-state index contributed by atoms with van der Waals surface area (Å²) in [5.41, 5.74) is 0.603. The zero-order valence-corrected chi connectivity index (χ0v) is 18.0. The number of rotatable bonds is 7. The Morgan fingerprint density at radius 1 is 1.00 bits per heavy atom. The van der Waals surface area contributed by atoms with E-state index in [4.69, 9.17) is 16.0 Å². The molecule has 0 saturated heterocycles. The van der Waals surface area contributed by atoms with Crippen LogP contribution in [0.3, 0.4) is 0 Å². The third-order valence-corrected chi connectivity index (χ3v) is 4.87. The molecule has 0 saturated carbocycles. The molecule has 0 unspecified atom stereocenters. The fraction of sp³-hybridized carbons (Fsp3) is 0.0909. The van der Waals surface area contributed by atoms with Crippen LogP contribution in [0.1, 0.15) is 21.9 Å². The van der Waals surface area contributed by atoms with E-state index < -0.39 is 53.2 Å². The van der Waals surface area contributed by atoms with Gasteiger partial charge in [0.2, 0.25) is 29.1 Å². The maximum atomic E-state index is 13.7. The second kappa shape index (κ2) is 9.74. The van der Waals surface area contributed by atoms with Gasteiger partial charge >= 0.3 is 0 Å². The Morgan fingerprint density at radius 3 is 2.37 bits per heavy atom. The molecule has 0 spiro atoms. The van der Waals surface area contributed by atoms with E-state index in [0.29, 0.717) is 5.56 Å². The Bertz CT molecular complexity index is 1390. The van der Waals surface area contributed by atoms with Crippen LogP contribution in [0.4, 0.5) is 32.2 Å². The number of nitrogens with one attached hydrogen (secondary N) is 1. The van der Waals surface area contributed by atoms with Gasteiger partial charge < -0.3 is 14.5 Å². The first-order chi connectivity index (χ1) is 16.6. The highest BCUT2D eigenvalue weighted by Gasteiger charge is 2.27. The molecule has 0 aliphatic rings. The number of carbonyl (C=O) groups excluding carboxylic acids is 1. The number of benzene rings is 2. The molecule has 182 valence electrons. The minimum Gasteiger partial charge on any atom is -0.479 e. The van der Waals surface area contributed by atoms with Crippen LogP contribution in [0.25, 0.3) is 0 Å². The van der Waals surface area contributed by atoms with Gasteiger partial charge in [-0.15, -0.1) is 0 Å². The van der Waals surface area contributed by atoms with E-state index in [1.54, 1.807) is 6.07 Å². The Kier molecular flexibility index (Phi) is 6.74. The lowest BCUT2D eigenvalue weighted by atomic mass is 10.2. The minimum absolute atomic E-state index is 0.0244. The van der Waals surface area contributed by atoms with E-state index in [1.807, 2.05) is 0 Å². The van der Waals surface area contributed by atoms with Crippen molar-refractivity contribution in [3.05, 3.63) is 99.6 Å². The first-order valence-electron chi connectivity index (χ1n) is 9.65. The summed E-state index contributed by atoms with van der Waals surface area (Å²) in [5, 5.41) is 6.58. The topological polar surface area (TPSA) is 69.3 Å². The van der Waals surface area contributed by atoms with Crippen molar-refractivity contribution < 1.29 is 40.3 Å². The maximum absolute atomic E-state index is 13.7. The van der Waals surface area contributed by atoms with E-state index in [9.17, 15) is 31.1 Å². The summed E-state index contributed by atoms with van der Waals surface area (Å²) in [7, 11) is 0. The molecule has 13 heteroatoms. The molecule has 0 fully saturated rings. The highest BCUT2D eigenvalue weighted by molar-refractivity contribution is 6.33. The first-order valence-corrected chi connectivity index (χ1v) is 10.0. The van der Waals surface area contributed by atoms with Crippen LogP contribution in [-0.4, -0.2) is 15.7 Å². The summed E-state index contributed by atoms with van der Waals surface area (Å²) in [6, 6.07) is 8.19.